The second kappa shape index (κ2) is 13.6. The van der Waals surface area contributed by atoms with Crippen LogP contribution in [0.25, 0.3) is 32.9 Å². The third-order valence-corrected chi connectivity index (χ3v) is 12.9. The smallest absolute Gasteiger partial charge is 0.319 e. The summed E-state index contributed by atoms with van der Waals surface area (Å²) < 4.78 is 38.3. The number of rotatable bonds is 8. The van der Waals surface area contributed by atoms with Crippen LogP contribution in [-0.4, -0.2) is 77.4 Å². The molecule has 1 saturated carbocycles. The fourth-order valence-corrected chi connectivity index (χ4v) is 9.24. The summed E-state index contributed by atoms with van der Waals surface area (Å²) in [5.74, 6) is 2.04. The largest absolute Gasteiger partial charge is 0.508 e. The maximum atomic E-state index is 16.9. The Balaban J connectivity index is 0.960. The first-order valence-electron chi connectivity index (χ1n) is 19.7. The van der Waals surface area contributed by atoms with E-state index in [1.807, 2.05) is 0 Å². The van der Waals surface area contributed by atoms with Gasteiger partial charge in [-0.05, 0) is 118 Å². The number of terminal acetylenes is 1. The first-order valence-corrected chi connectivity index (χ1v) is 19.7. The van der Waals surface area contributed by atoms with Crippen molar-refractivity contribution in [1.82, 2.24) is 19.9 Å². The van der Waals surface area contributed by atoms with Crippen molar-refractivity contribution >= 4 is 33.2 Å². The van der Waals surface area contributed by atoms with E-state index in [4.69, 9.17) is 16.1 Å². The molecule has 2 aromatic heterocycles. The van der Waals surface area contributed by atoms with Crippen LogP contribution in [0.3, 0.4) is 0 Å². The Kier molecular flexibility index (Phi) is 8.84. The zero-order valence-corrected chi connectivity index (χ0v) is 32.0. The van der Waals surface area contributed by atoms with Gasteiger partial charge < -0.3 is 24.5 Å². The lowest BCUT2D eigenvalue weighted by molar-refractivity contribution is 0.0563. The molecule has 0 amide bonds. The van der Waals surface area contributed by atoms with Crippen LogP contribution in [0.1, 0.15) is 62.1 Å². The second-order valence-electron chi connectivity index (χ2n) is 17.1. The van der Waals surface area contributed by atoms with Gasteiger partial charge in [0, 0.05) is 66.4 Å². The second-order valence-corrected chi connectivity index (χ2v) is 17.1. The van der Waals surface area contributed by atoms with Gasteiger partial charge in [0.05, 0.1) is 17.6 Å². The fraction of sp³-hybridized carbons (Fsp3) is 0.444. The number of benzene rings is 3. The number of halogens is 2. The molecular weight excluding hydrogens is 695 g/mol. The van der Waals surface area contributed by atoms with E-state index >= 15 is 4.39 Å². The molecule has 284 valence electrons. The number of ether oxygens (including phenoxy) is 1. The molecule has 0 radical (unpaired) electrons. The van der Waals surface area contributed by atoms with E-state index in [1.54, 1.807) is 6.20 Å². The van der Waals surface area contributed by atoms with Gasteiger partial charge in [-0.15, -0.1) is 6.42 Å². The summed E-state index contributed by atoms with van der Waals surface area (Å²) in [6.07, 6.45) is 14.0. The average Bonchev–Trinajstić information content (AvgIpc) is 3.93. The van der Waals surface area contributed by atoms with E-state index in [0.29, 0.717) is 39.9 Å². The van der Waals surface area contributed by atoms with Gasteiger partial charge in [-0.1, -0.05) is 25.0 Å². The lowest BCUT2D eigenvalue weighted by atomic mass is 9.71. The molecule has 0 bridgehead atoms. The summed E-state index contributed by atoms with van der Waals surface area (Å²) >= 11 is 0. The third kappa shape index (κ3) is 6.60. The Morgan fingerprint density at radius 2 is 1.76 bits per heavy atom. The molecule has 1 aliphatic carbocycles. The number of aromatic hydroxyl groups is 1. The van der Waals surface area contributed by atoms with Gasteiger partial charge in [0.2, 0.25) is 0 Å². The number of hydrogen-bond acceptors (Lipinski definition) is 8. The van der Waals surface area contributed by atoms with Gasteiger partial charge >= 0.3 is 6.01 Å². The highest BCUT2D eigenvalue weighted by Gasteiger charge is 2.49. The summed E-state index contributed by atoms with van der Waals surface area (Å²) in [4.78, 5) is 21.5. The molecule has 3 saturated heterocycles. The number of aryl methyl sites for hydroxylation is 2. The lowest BCUT2D eigenvalue weighted by Crippen LogP contribution is -2.60. The van der Waals surface area contributed by atoms with Crippen molar-refractivity contribution in [3.63, 3.8) is 0 Å². The maximum Gasteiger partial charge on any atom is 0.319 e. The number of phenols is 1. The number of fused-ring (bicyclic) bond motifs is 2. The number of phenolic OH excluding ortho intramolecular Hbond substituents is 1. The van der Waals surface area contributed by atoms with Crippen LogP contribution < -0.4 is 14.5 Å². The summed E-state index contributed by atoms with van der Waals surface area (Å²) in [6, 6.07) is 12.6. The van der Waals surface area contributed by atoms with Gasteiger partial charge in [-0.3, -0.25) is 4.98 Å². The predicted octanol–water partition coefficient (Wildman–Crippen LogP) is 8.42. The molecule has 10 heteroatoms. The van der Waals surface area contributed by atoms with E-state index < -0.39 is 11.6 Å². The van der Waals surface area contributed by atoms with Crippen LogP contribution in [-0.2, 0) is 0 Å². The molecular formula is C45H48F2N6O2. The number of likely N-dealkylation sites (tertiary alicyclic amines) is 1. The van der Waals surface area contributed by atoms with Crippen molar-refractivity contribution in [1.29, 1.82) is 0 Å². The predicted molar refractivity (Wildman–Crippen MR) is 214 cm³/mol. The third-order valence-electron chi connectivity index (χ3n) is 12.9. The van der Waals surface area contributed by atoms with Gasteiger partial charge in [0.25, 0.3) is 0 Å². The van der Waals surface area contributed by atoms with E-state index in [-0.39, 0.29) is 39.5 Å². The zero-order chi connectivity index (χ0) is 38.1. The van der Waals surface area contributed by atoms with Gasteiger partial charge in [-0.25, -0.2) is 8.78 Å². The van der Waals surface area contributed by atoms with Crippen molar-refractivity contribution in [2.24, 2.45) is 16.7 Å². The van der Waals surface area contributed by atoms with Crippen LogP contribution >= 0.6 is 0 Å². The standard InChI is InChI=1S/C45H48F2N6O2/c1-5-34-37(46)11-9-31-20-33(54)21-35(38(31)34)40-39(47)41-36(22-48-40)42(52-16-6-7-28(2)23-52)50-43(49-41)55-27-45(12-13-45)24-51-17-14-44(15-18-51)25-53(26-44)32-10-8-29(3)30(4)19-32/h1,8-11,19-22,28,54H,6-7,12-18,23-27H2,2-4H3. The summed E-state index contributed by atoms with van der Waals surface area (Å²) in [5, 5.41) is 11.9. The SMILES string of the molecule is C#Cc1c(F)ccc2cc(O)cc(-c3ncc4c(N5CCCC(C)C5)nc(OCC5(CN6CCC7(CC6)CN(c6ccc(C)c(C)c6)C7)CC5)nc4c3F)c12. The van der Waals surface area contributed by atoms with E-state index in [2.05, 4.69) is 69.6 Å². The van der Waals surface area contributed by atoms with Crippen molar-refractivity contribution in [3.05, 3.63) is 77.0 Å². The van der Waals surface area contributed by atoms with Crippen LogP contribution in [0.15, 0.2) is 48.7 Å². The fourth-order valence-electron chi connectivity index (χ4n) is 9.24. The Hall–Kier alpha value is -5.01. The minimum Gasteiger partial charge on any atom is -0.508 e. The Bertz CT molecular complexity index is 2350. The van der Waals surface area contributed by atoms with Crippen LogP contribution in [0.2, 0.25) is 0 Å². The number of aromatic nitrogens is 3. The van der Waals surface area contributed by atoms with Crippen LogP contribution in [0.5, 0.6) is 11.8 Å². The van der Waals surface area contributed by atoms with E-state index in [0.717, 1.165) is 71.5 Å². The summed E-state index contributed by atoms with van der Waals surface area (Å²) in [7, 11) is 0. The van der Waals surface area contributed by atoms with E-state index in [9.17, 15) is 9.50 Å². The molecule has 3 aliphatic heterocycles. The molecule has 8 nitrogen and oxygen atoms in total. The Morgan fingerprint density at radius 3 is 2.49 bits per heavy atom. The lowest BCUT2D eigenvalue weighted by Gasteiger charge is -2.55. The van der Waals surface area contributed by atoms with Crippen molar-refractivity contribution in [3.8, 4) is 35.4 Å². The quantitative estimate of drug-likeness (QED) is 0.159. The highest BCUT2D eigenvalue weighted by molar-refractivity contribution is 6.03. The number of pyridine rings is 1. The number of piperidine rings is 2. The van der Waals surface area contributed by atoms with Gasteiger partial charge in [-0.2, -0.15) is 9.97 Å². The first-order chi connectivity index (χ1) is 26.5. The zero-order valence-electron chi connectivity index (χ0n) is 32.0. The number of hydrogen-bond donors (Lipinski definition) is 1. The highest BCUT2D eigenvalue weighted by Crippen LogP contribution is 2.49. The molecule has 1 N–H and O–H groups in total. The molecule has 4 fully saturated rings. The minimum absolute atomic E-state index is 0.0194. The summed E-state index contributed by atoms with van der Waals surface area (Å²) in [5.41, 5.74) is 4.61. The molecule has 55 heavy (non-hydrogen) atoms. The van der Waals surface area contributed by atoms with Crippen molar-refractivity contribution in [2.75, 3.05) is 62.2 Å². The number of nitrogens with zero attached hydrogens (tertiary/aromatic N) is 6. The van der Waals surface area contributed by atoms with E-state index in [1.165, 1.54) is 53.9 Å². The monoisotopic (exact) mass is 742 g/mol. The first kappa shape index (κ1) is 35.7. The topological polar surface area (TPSA) is 77.9 Å². The molecule has 5 aromatic rings. The molecule has 5 heterocycles. The van der Waals surface area contributed by atoms with Crippen molar-refractivity contribution < 1.29 is 18.6 Å². The molecule has 4 aliphatic rings. The highest BCUT2D eigenvalue weighted by atomic mass is 19.1. The van der Waals surface area contributed by atoms with Gasteiger partial charge in [0.1, 0.15) is 28.6 Å². The maximum absolute atomic E-state index is 16.9. The molecule has 3 aromatic carbocycles. The Labute approximate surface area is 321 Å². The normalized spacial score (nSPS) is 20.5. The summed E-state index contributed by atoms with van der Waals surface area (Å²) in [6.45, 7) is 14.0. The van der Waals surface area contributed by atoms with Crippen molar-refractivity contribution in [2.45, 2.75) is 59.3 Å². The minimum atomic E-state index is -0.703. The average molecular weight is 743 g/mol. The van der Waals surface area contributed by atoms with Crippen LogP contribution in [0.4, 0.5) is 20.3 Å². The number of anilines is 2. The Morgan fingerprint density at radius 1 is 0.964 bits per heavy atom. The molecule has 9 rings (SSSR count). The molecule has 1 atom stereocenters. The van der Waals surface area contributed by atoms with Gasteiger partial charge in [0.15, 0.2) is 5.82 Å². The molecule has 1 spiro atoms. The molecule has 1 unspecified atom stereocenters. The van der Waals surface area contributed by atoms with Crippen LogP contribution in [0, 0.1) is 54.6 Å².